The molecule has 0 spiro atoms. The molecule has 5 heteroatoms. The minimum Gasteiger partial charge on any atom is -0.375 e. The molecule has 0 saturated carbocycles. The van der Waals surface area contributed by atoms with Gasteiger partial charge in [0.15, 0.2) is 0 Å². The second-order valence-electron chi connectivity index (χ2n) is 6.54. The van der Waals surface area contributed by atoms with E-state index >= 15 is 0 Å². The highest BCUT2D eigenvalue weighted by molar-refractivity contribution is 5.94. The topological polar surface area (TPSA) is 56.6 Å². The third-order valence-corrected chi connectivity index (χ3v) is 4.82. The maximum Gasteiger partial charge on any atom is 0.253 e. The van der Waals surface area contributed by atoms with E-state index in [-0.39, 0.29) is 18.1 Å². The average molecular weight is 313 g/mol. The number of piperidine rings is 1. The molecule has 2 atom stereocenters. The smallest absolute Gasteiger partial charge is 0.253 e. The monoisotopic (exact) mass is 313 g/mol. The van der Waals surface area contributed by atoms with Crippen LogP contribution in [0.25, 0.3) is 0 Å². The number of fused-ring (bicyclic) bond motifs is 1. The second kappa shape index (κ2) is 6.69. The number of carbonyl (C=O) groups is 1. The fraction of sp³-hybridized carbons (Fsp3) is 0.556. The largest absolute Gasteiger partial charge is 0.375 e. The number of morpholine rings is 1. The summed E-state index contributed by atoms with van der Waals surface area (Å²) < 4.78 is 5.91. The fourth-order valence-electron chi connectivity index (χ4n) is 3.63. The molecule has 0 unspecified atom stereocenters. The second-order valence-corrected chi connectivity index (χ2v) is 6.54. The van der Waals surface area contributed by atoms with E-state index in [1.807, 2.05) is 4.90 Å². The molecule has 1 aromatic carbocycles. The zero-order valence-corrected chi connectivity index (χ0v) is 13.7. The van der Waals surface area contributed by atoms with Crippen LogP contribution in [0, 0.1) is 11.3 Å². The number of ether oxygens (including phenoxy) is 1. The molecule has 0 aliphatic carbocycles. The lowest BCUT2D eigenvalue weighted by Crippen LogP contribution is -2.62. The lowest BCUT2D eigenvalue weighted by molar-refractivity contribution is -0.107. The Bertz CT molecular complexity index is 623. The Balaban J connectivity index is 1.76. The highest BCUT2D eigenvalue weighted by Crippen LogP contribution is 2.25. The molecule has 3 rings (SSSR count). The van der Waals surface area contributed by atoms with Gasteiger partial charge < -0.3 is 9.64 Å². The van der Waals surface area contributed by atoms with E-state index in [0.29, 0.717) is 30.3 Å². The lowest BCUT2D eigenvalue weighted by Gasteiger charge is -2.48. The van der Waals surface area contributed by atoms with Crippen molar-refractivity contribution < 1.29 is 9.53 Å². The van der Waals surface area contributed by atoms with Crippen LogP contribution in [-0.2, 0) is 4.74 Å². The molecule has 2 aliphatic heterocycles. The molecule has 1 aromatic rings. The van der Waals surface area contributed by atoms with Crippen molar-refractivity contribution in [3.05, 3.63) is 35.4 Å². The number of benzene rings is 1. The predicted octanol–water partition coefficient (Wildman–Crippen LogP) is 1.88. The Morgan fingerprint density at radius 1 is 1.39 bits per heavy atom. The van der Waals surface area contributed by atoms with Crippen LogP contribution in [-0.4, -0.2) is 60.1 Å². The van der Waals surface area contributed by atoms with E-state index in [9.17, 15) is 4.79 Å². The van der Waals surface area contributed by atoms with Gasteiger partial charge >= 0.3 is 0 Å². The van der Waals surface area contributed by atoms with Gasteiger partial charge in [-0.1, -0.05) is 6.07 Å². The van der Waals surface area contributed by atoms with Gasteiger partial charge in [-0.3, -0.25) is 9.69 Å². The van der Waals surface area contributed by atoms with Crippen molar-refractivity contribution >= 4 is 5.91 Å². The van der Waals surface area contributed by atoms with Gasteiger partial charge in [0.2, 0.25) is 0 Å². The minimum absolute atomic E-state index is 0.00910. The van der Waals surface area contributed by atoms with E-state index in [0.717, 1.165) is 19.6 Å². The van der Waals surface area contributed by atoms with Crippen molar-refractivity contribution in [2.75, 3.05) is 26.2 Å². The summed E-state index contributed by atoms with van der Waals surface area (Å²) in [6, 6.07) is 9.75. The van der Waals surface area contributed by atoms with Crippen LogP contribution < -0.4 is 0 Å². The molecule has 1 amide bonds. The molecule has 0 N–H and O–H groups in total. The summed E-state index contributed by atoms with van der Waals surface area (Å²) in [4.78, 5) is 17.1. The molecule has 122 valence electrons. The minimum atomic E-state index is 0.00910. The van der Waals surface area contributed by atoms with E-state index in [2.05, 4.69) is 24.8 Å². The number of amides is 1. The molecule has 5 nitrogen and oxygen atoms in total. The summed E-state index contributed by atoms with van der Waals surface area (Å²) in [5.74, 6) is 0.00910. The summed E-state index contributed by atoms with van der Waals surface area (Å²) >= 11 is 0. The first-order chi connectivity index (χ1) is 11.1. The highest BCUT2D eigenvalue weighted by atomic mass is 16.5. The summed E-state index contributed by atoms with van der Waals surface area (Å²) in [5, 5.41) is 9.01. The quantitative estimate of drug-likeness (QED) is 0.836. The van der Waals surface area contributed by atoms with Crippen LogP contribution in [0.3, 0.4) is 0 Å². The molecule has 0 bridgehead atoms. The molecule has 2 saturated heterocycles. The van der Waals surface area contributed by atoms with Gasteiger partial charge in [0.05, 0.1) is 30.4 Å². The van der Waals surface area contributed by atoms with Crippen LogP contribution in [0.2, 0.25) is 0 Å². The molecule has 0 radical (unpaired) electrons. The molecule has 23 heavy (non-hydrogen) atoms. The summed E-state index contributed by atoms with van der Waals surface area (Å²) in [7, 11) is 0. The predicted molar refractivity (Wildman–Crippen MR) is 87.0 cm³/mol. The van der Waals surface area contributed by atoms with Gasteiger partial charge in [-0.15, -0.1) is 0 Å². The van der Waals surface area contributed by atoms with Crippen LogP contribution in [0.15, 0.2) is 24.3 Å². The van der Waals surface area contributed by atoms with Gasteiger partial charge in [-0.25, -0.2) is 0 Å². The Morgan fingerprint density at radius 3 is 2.96 bits per heavy atom. The normalized spacial score (nSPS) is 25.0. The van der Waals surface area contributed by atoms with Gasteiger partial charge in [-0.2, -0.15) is 5.26 Å². The number of nitrogens with zero attached hydrogens (tertiary/aromatic N) is 3. The van der Waals surface area contributed by atoms with Crippen LogP contribution in [0.4, 0.5) is 0 Å². The molecular formula is C18H23N3O2. The SMILES string of the molecule is CC(C)N1CCO[C@H]2CCN(C(=O)c3cccc(C#N)c3)C[C@@H]21. The van der Waals surface area contributed by atoms with Crippen molar-refractivity contribution in [1.29, 1.82) is 5.26 Å². The number of nitriles is 1. The van der Waals surface area contributed by atoms with Gasteiger partial charge in [-0.05, 0) is 38.5 Å². The van der Waals surface area contributed by atoms with Gasteiger partial charge in [0.25, 0.3) is 5.91 Å². The van der Waals surface area contributed by atoms with Gasteiger partial charge in [0, 0.05) is 31.2 Å². The molecule has 2 heterocycles. The van der Waals surface area contributed by atoms with Crippen molar-refractivity contribution in [2.45, 2.75) is 38.5 Å². The molecule has 2 fully saturated rings. The Kier molecular flexibility index (Phi) is 4.65. The van der Waals surface area contributed by atoms with Crippen molar-refractivity contribution in [1.82, 2.24) is 9.80 Å². The maximum atomic E-state index is 12.8. The van der Waals surface area contributed by atoms with E-state index in [1.54, 1.807) is 24.3 Å². The Labute approximate surface area is 137 Å². The third-order valence-electron chi connectivity index (χ3n) is 4.82. The number of carbonyl (C=O) groups excluding carboxylic acids is 1. The maximum absolute atomic E-state index is 12.8. The highest BCUT2D eigenvalue weighted by Gasteiger charge is 2.39. The summed E-state index contributed by atoms with van der Waals surface area (Å²) in [5.41, 5.74) is 1.12. The Hall–Kier alpha value is -1.90. The van der Waals surface area contributed by atoms with Crippen molar-refractivity contribution in [3.8, 4) is 6.07 Å². The first-order valence-electron chi connectivity index (χ1n) is 8.27. The molecule has 2 aliphatic rings. The number of rotatable bonds is 2. The fourth-order valence-corrected chi connectivity index (χ4v) is 3.63. The van der Waals surface area contributed by atoms with Crippen LogP contribution >= 0.6 is 0 Å². The number of likely N-dealkylation sites (tertiary alicyclic amines) is 1. The van der Waals surface area contributed by atoms with E-state index in [1.165, 1.54) is 0 Å². The van der Waals surface area contributed by atoms with Crippen LogP contribution in [0.1, 0.15) is 36.2 Å². The van der Waals surface area contributed by atoms with Crippen molar-refractivity contribution in [3.63, 3.8) is 0 Å². The van der Waals surface area contributed by atoms with Crippen LogP contribution in [0.5, 0.6) is 0 Å². The van der Waals surface area contributed by atoms with E-state index < -0.39 is 0 Å². The summed E-state index contributed by atoms with van der Waals surface area (Å²) in [6.45, 7) is 7.49. The number of hydrogen-bond donors (Lipinski definition) is 0. The average Bonchev–Trinajstić information content (AvgIpc) is 2.60. The van der Waals surface area contributed by atoms with E-state index in [4.69, 9.17) is 10.00 Å². The Morgan fingerprint density at radius 2 is 2.22 bits per heavy atom. The standard InChI is InChI=1S/C18H23N3O2/c1-13(2)21-8-9-23-17-6-7-20(12-16(17)21)18(22)15-5-3-4-14(10-15)11-19/h3-5,10,13,16-17H,6-9,12H2,1-2H3/t16-,17-/m0/s1. The van der Waals surface area contributed by atoms with Crippen molar-refractivity contribution in [2.24, 2.45) is 0 Å². The first kappa shape index (κ1) is 16.0. The zero-order valence-electron chi connectivity index (χ0n) is 13.7. The third kappa shape index (κ3) is 3.24. The first-order valence-corrected chi connectivity index (χ1v) is 8.27. The lowest BCUT2D eigenvalue weighted by atomic mass is 9.96. The summed E-state index contributed by atoms with van der Waals surface area (Å²) in [6.07, 6.45) is 1.10. The number of hydrogen-bond acceptors (Lipinski definition) is 4. The zero-order chi connectivity index (χ0) is 16.4. The molecular weight excluding hydrogens is 290 g/mol. The van der Waals surface area contributed by atoms with Gasteiger partial charge in [0.1, 0.15) is 0 Å². The molecule has 0 aromatic heterocycles.